The van der Waals surface area contributed by atoms with Gasteiger partial charge in [0, 0.05) is 30.5 Å². The van der Waals surface area contributed by atoms with Crippen molar-refractivity contribution in [1.82, 2.24) is 15.0 Å². The van der Waals surface area contributed by atoms with Crippen molar-refractivity contribution in [3.63, 3.8) is 0 Å². The quantitative estimate of drug-likeness (QED) is 0.715. The predicted molar refractivity (Wildman–Crippen MR) is 106 cm³/mol. The molecule has 0 saturated heterocycles. The van der Waals surface area contributed by atoms with Gasteiger partial charge in [0.2, 0.25) is 17.6 Å². The molecule has 0 aliphatic heterocycles. The van der Waals surface area contributed by atoms with Crippen LogP contribution < -0.4 is 4.74 Å². The fraction of sp³-hybridized carbons (Fsp3) is 0.591. The van der Waals surface area contributed by atoms with Gasteiger partial charge in [-0.2, -0.15) is 4.98 Å². The van der Waals surface area contributed by atoms with Crippen molar-refractivity contribution in [2.24, 2.45) is 5.92 Å². The molecule has 4 rings (SSSR count). The van der Waals surface area contributed by atoms with E-state index < -0.39 is 0 Å². The minimum absolute atomic E-state index is 0.236. The van der Waals surface area contributed by atoms with Crippen LogP contribution in [0.4, 0.5) is 0 Å². The largest absolute Gasteiger partial charge is 0.497 e. The molecule has 2 saturated carbocycles. The Labute approximate surface area is 166 Å². The van der Waals surface area contributed by atoms with E-state index in [1.54, 1.807) is 7.11 Å². The minimum atomic E-state index is 0.236. The molecule has 1 aromatic carbocycles. The maximum absolute atomic E-state index is 13.0. The highest BCUT2D eigenvalue weighted by atomic mass is 16.5. The molecule has 150 valence electrons. The Balaban J connectivity index is 1.41. The molecular weight excluding hydrogens is 354 g/mol. The average Bonchev–Trinajstić information content (AvgIpc) is 3.17. The number of hydrogen-bond acceptors (Lipinski definition) is 5. The first-order valence-corrected chi connectivity index (χ1v) is 10.5. The van der Waals surface area contributed by atoms with Gasteiger partial charge in [0.25, 0.3) is 0 Å². The molecule has 6 nitrogen and oxygen atoms in total. The summed E-state index contributed by atoms with van der Waals surface area (Å²) in [7, 11) is 1.64. The lowest BCUT2D eigenvalue weighted by Gasteiger charge is -2.38. The van der Waals surface area contributed by atoms with Gasteiger partial charge in [-0.3, -0.25) is 4.79 Å². The van der Waals surface area contributed by atoms with Gasteiger partial charge in [-0.25, -0.2) is 0 Å². The number of aromatic nitrogens is 2. The molecule has 2 aliphatic carbocycles. The third-order valence-electron chi connectivity index (χ3n) is 6.14. The van der Waals surface area contributed by atoms with Crippen LogP contribution in [0.2, 0.25) is 0 Å². The van der Waals surface area contributed by atoms with E-state index in [9.17, 15) is 4.79 Å². The standard InChI is InChI=1S/C22H29N3O3/c1-27-19-12-10-16(11-13-19)21-23-20(28-24-21)14-15-25(18-8-3-2-4-9-18)22(26)17-6-5-7-17/h10-13,17-18H,2-9,14-15H2,1H3. The molecule has 0 spiro atoms. The van der Waals surface area contributed by atoms with Crippen molar-refractivity contribution < 1.29 is 14.1 Å². The number of rotatable bonds is 7. The molecule has 0 radical (unpaired) electrons. The van der Waals surface area contributed by atoms with Gasteiger partial charge in [-0.05, 0) is 49.9 Å². The van der Waals surface area contributed by atoms with Crippen molar-refractivity contribution in [1.29, 1.82) is 0 Å². The summed E-state index contributed by atoms with van der Waals surface area (Å²) in [5.41, 5.74) is 0.894. The van der Waals surface area contributed by atoms with E-state index in [1.165, 1.54) is 25.7 Å². The Hall–Kier alpha value is -2.37. The van der Waals surface area contributed by atoms with Gasteiger partial charge in [0.1, 0.15) is 5.75 Å². The van der Waals surface area contributed by atoms with Crippen LogP contribution in [-0.2, 0) is 11.2 Å². The minimum Gasteiger partial charge on any atom is -0.497 e. The molecule has 2 aromatic rings. The van der Waals surface area contributed by atoms with Crippen LogP contribution in [0.5, 0.6) is 5.75 Å². The summed E-state index contributed by atoms with van der Waals surface area (Å²) in [6, 6.07) is 7.98. The van der Waals surface area contributed by atoms with E-state index in [0.29, 0.717) is 36.6 Å². The fourth-order valence-electron chi connectivity index (χ4n) is 4.18. The molecule has 0 unspecified atom stereocenters. The van der Waals surface area contributed by atoms with E-state index >= 15 is 0 Å². The number of amides is 1. The van der Waals surface area contributed by atoms with Gasteiger partial charge in [-0.15, -0.1) is 0 Å². The zero-order valence-corrected chi connectivity index (χ0v) is 16.6. The SMILES string of the molecule is COc1ccc(-c2noc(CCN(C(=O)C3CCC3)C3CCCCC3)n2)cc1. The maximum atomic E-state index is 13.0. The molecule has 1 heterocycles. The second-order valence-corrected chi connectivity index (χ2v) is 7.94. The third kappa shape index (κ3) is 4.21. The Kier molecular flexibility index (Phi) is 5.93. The molecule has 0 bridgehead atoms. The van der Waals surface area contributed by atoms with Gasteiger partial charge in [0.05, 0.1) is 7.11 Å². The number of carbonyl (C=O) groups excluding carboxylic acids is 1. The Morgan fingerprint density at radius 3 is 2.50 bits per heavy atom. The molecule has 0 atom stereocenters. The molecule has 2 aliphatic rings. The molecule has 1 amide bonds. The first-order valence-electron chi connectivity index (χ1n) is 10.5. The van der Waals surface area contributed by atoms with Crippen molar-refractivity contribution in [2.45, 2.75) is 63.8 Å². The summed E-state index contributed by atoms with van der Waals surface area (Å²) in [6.45, 7) is 0.671. The zero-order chi connectivity index (χ0) is 19.3. The highest BCUT2D eigenvalue weighted by Crippen LogP contribution is 2.31. The smallest absolute Gasteiger partial charge is 0.228 e. The molecular formula is C22H29N3O3. The van der Waals surface area contributed by atoms with Crippen LogP contribution in [0.3, 0.4) is 0 Å². The second kappa shape index (κ2) is 8.76. The summed E-state index contributed by atoms with van der Waals surface area (Å²) in [5, 5.41) is 4.11. The molecule has 0 N–H and O–H groups in total. The average molecular weight is 383 g/mol. The number of hydrogen-bond donors (Lipinski definition) is 0. The zero-order valence-electron chi connectivity index (χ0n) is 16.6. The number of ether oxygens (including phenoxy) is 1. The first-order chi connectivity index (χ1) is 13.7. The summed E-state index contributed by atoms with van der Waals surface area (Å²) >= 11 is 0. The van der Waals surface area contributed by atoms with Crippen LogP contribution in [0.25, 0.3) is 11.4 Å². The van der Waals surface area contributed by atoms with Gasteiger partial charge in [-0.1, -0.05) is 30.8 Å². The monoisotopic (exact) mass is 383 g/mol. The Morgan fingerprint density at radius 2 is 1.86 bits per heavy atom. The van der Waals surface area contributed by atoms with E-state index in [2.05, 4.69) is 15.0 Å². The van der Waals surface area contributed by atoms with Crippen LogP contribution in [-0.4, -0.2) is 40.6 Å². The predicted octanol–water partition coefficient (Wildman–Crippen LogP) is 4.25. The third-order valence-corrected chi connectivity index (χ3v) is 6.14. The van der Waals surface area contributed by atoms with Crippen molar-refractivity contribution >= 4 is 5.91 Å². The first kappa shape index (κ1) is 19.0. The van der Waals surface area contributed by atoms with Crippen LogP contribution >= 0.6 is 0 Å². The van der Waals surface area contributed by atoms with Crippen molar-refractivity contribution in [3.05, 3.63) is 30.2 Å². The van der Waals surface area contributed by atoms with E-state index in [4.69, 9.17) is 9.26 Å². The van der Waals surface area contributed by atoms with Crippen molar-refractivity contribution in [2.75, 3.05) is 13.7 Å². The second-order valence-electron chi connectivity index (χ2n) is 7.94. The van der Waals surface area contributed by atoms with Crippen LogP contribution in [0.1, 0.15) is 57.3 Å². The summed E-state index contributed by atoms with van der Waals surface area (Å²) in [5.74, 6) is 2.54. The normalized spacial score (nSPS) is 17.9. The molecule has 1 aromatic heterocycles. The lowest BCUT2D eigenvalue weighted by atomic mass is 9.83. The van der Waals surface area contributed by atoms with E-state index in [-0.39, 0.29) is 5.92 Å². The lowest BCUT2D eigenvalue weighted by Crippen LogP contribution is -2.47. The highest BCUT2D eigenvalue weighted by Gasteiger charge is 2.33. The molecule has 6 heteroatoms. The maximum Gasteiger partial charge on any atom is 0.228 e. The van der Waals surface area contributed by atoms with Crippen molar-refractivity contribution in [3.8, 4) is 17.1 Å². The summed E-state index contributed by atoms with van der Waals surface area (Å²) in [6.07, 6.45) is 9.87. The van der Waals surface area contributed by atoms with Gasteiger partial charge in [0.15, 0.2) is 0 Å². The number of methoxy groups -OCH3 is 1. The number of nitrogens with zero attached hydrogens (tertiary/aromatic N) is 3. The van der Waals surface area contributed by atoms with Gasteiger partial charge >= 0.3 is 0 Å². The number of benzene rings is 1. The number of carbonyl (C=O) groups is 1. The molecule has 28 heavy (non-hydrogen) atoms. The van der Waals surface area contributed by atoms with E-state index in [0.717, 1.165) is 37.0 Å². The summed E-state index contributed by atoms with van der Waals surface area (Å²) in [4.78, 5) is 19.6. The van der Waals surface area contributed by atoms with Crippen LogP contribution in [0.15, 0.2) is 28.8 Å². The van der Waals surface area contributed by atoms with Crippen LogP contribution in [0, 0.1) is 5.92 Å². The summed E-state index contributed by atoms with van der Waals surface area (Å²) < 4.78 is 10.7. The topological polar surface area (TPSA) is 68.5 Å². The molecule has 2 fully saturated rings. The highest BCUT2D eigenvalue weighted by molar-refractivity contribution is 5.80. The van der Waals surface area contributed by atoms with E-state index in [1.807, 2.05) is 24.3 Å². The fourth-order valence-corrected chi connectivity index (χ4v) is 4.18. The Morgan fingerprint density at radius 1 is 1.11 bits per heavy atom. The van der Waals surface area contributed by atoms with Gasteiger partial charge < -0.3 is 14.2 Å². The lowest BCUT2D eigenvalue weighted by molar-refractivity contribution is -0.141. The Bertz CT molecular complexity index is 777.